The summed E-state index contributed by atoms with van der Waals surface area (Å²) in [5.41, 5.74) is 1.18. The van der Waals surface area contributed by atoms with Crippen LogP contribution in [-0.2, 0) is 0 Å². The third-order valence-electron chi connectivity index (χ3n) is 3.82. The zero-order chi connectivity index (χ0) is 16.1. The molecule has 7 heteroatoms. The molecule has 4 N–H and O–H groups in total. The first-order valence-electron chi connectivity index (χ1n) is 7.65. The number of aromatic amines is 1. The van der Waals surface area contributed by atoms with Crippen molar-refractivity contribution in [1.29, 1.82) is 0 Å². The van der Waals surface area contributed by atoms with E-state index in [1.165, 1.54) is 6.20 Å². The van der Waals surface area contributed by atoms with Gasteiger partial charge in [0.2, 0.25) is 0 Å². The molecule has 1 saturated heterocycles. The van der Waals surface area contributed by atoms with Gasteiger partial charge in [0.05, 0.1) is 11.9 Å². The molecule has 0 unspecified atom stereocenters. The van der Waals surface area contributed by atoms with Gasteiger partial charge in [-0.3, -0.25) is 14.7 Å². The third kappa shape index (κ3) is 3.75. The first-order valence-corrected chi connectivity index (χ1v) is 7.65. The molecule has 0 aliphatic carbocycles. The monoisotopic (exact) mass is 315 g/mol. The molecule has 7 nitrogen and oxygen atoms in total. The summed E-state index contributed by atoms with van der Waals surface area (Å²) in [6, 6.07) is 8.98. The molecule has 122 valence electrons. The SMILES string of the molecule is O=C(Nc1cn[nH]c1C(=O)NC1CCNCC1)c1ccccc1.[HH]. The number of H-pyrrole nitrogens is 1. The van der Waals surface area contributed by atoms with E-state index in [0.717, 1.165) is 25.9 Å². The summed E-state index contributed by atoms with van der Waals surface area (Å²) in [4.78, 5) is 24.5. The highest BCUT2D eigenvalue weighted by molar-refractivity contribution is 6.08. The largest absolute Gasteiger partial charge is 0.348 e. The van der Waals surface area contributed by atoms with Crippen molar-refractivity contribution >= 4 is 17.5 Å². The van der Waals surface area contributed by atoms with E-state index in [-0.39, 0.29) is 25.0 Å². The number of hydrogen-bond donors (Lipinski definition) is 4. The molecule has 2 aromatic rings. The van der Waals surface area contributed by atoms with Gasteiger partial charge in [0.1, 0.15) is 5.69 Å². The minimum Gasteiger partial charge on any atom is -0.348 e. The van der Waals surface area contributed by atoms with E-state index < -0.39 is 0 Å². The maximum Gasteiger partial charge on any atom is 0.271 e. The number of nitrogens with one attached hydrogen (secondary N) is 4. The van der Waals surface area contributed by atoms with Crippen LogP contribution in [0.3, 0.4) is 0 Å². The zero-order valence-electron chi connectivity index (χ0n) is 12.6. The van der Waals surface area contributed by atoms with Crippen molar-refractivity contribution in [3.8, 4) is 0 Å². The molecule has 0 atom stereocenters. The average Bonchev–Trinajstić information content (AvgIpc) is 3.05. The van der Waals surface area contributed by atoms with Crippen molar-refractivity contribution in [2.75, 3.05) is 18.4 Å². The average molecular weight is 315 g/mol. The molecular weight excluding hydrogens is 294 g/mol. The Labute approximate surface area is 135 Å². The van der Waals surface area contributed by atoms with Gasteiger partial charge in [-0.15, -0.1) is 0 Å². The summed E-state index contributed by atoms with van der Waals surface area (Å²) >= 11 is 0. The molecule has 2 heterocycles. The molecule has 0 radical (unpaired) electrons. The molecule has 1 aliphatic rings. The van der Waals surface area contributed by atoms with Gasteiger partial charge >= 0.3 is 0 Å². The molecule has 1 fully saturated rings. The summed E-state index contributed by atoms with van der Waals surface area (Å²) < 4.78 is 0. The number of carbonyl (C=O) groups excluding carboxylic acids is 2. The molecule has 1 aromatic heterocycles. The van der Waals surface area contributed by atoms with Gasteiger partial charge in [-0.25, -0.2) is 0 Å². The predicted molar refractivity (Wildman–Crippen MR) is 88.5 cm³/mol. The quantitative estimate of drug-likeness (QED) is 0.685. The maximum atomic E-state index is 12.4. The highest BCUT2D eigenvalue weighted by atomic mass is 16.2. The Morgan fingerprint density at radius 3 is 2.61 bits per heavy atom. The molecule has 2 amide bonds. The number of amides is 2. The Morgan fingerprint density at radius 1 is 1.13 bits per heavy atom. The highest BCUT2D eigenvalue weighted by Crippen LogP contribution is 2.14. The smallest absolute Gasteiger partial charge is 0.271 e. The topological polar surface area (TPSA) is 98.9 Å². The number of piperidine rings is 1. The van der Waals surface area contributed by atoms with Crippen LogP contribution in [0.5, 0.6) is 0 Å². The molecule has 0 saturated carbocycles. The van der Waals surface area contributed by atoms with Crippen LogP contribution in [0.2, 0.25) is 0 Å². The molecule has 0 bridgehead atoms. The lowest BCUT2D eigenvalue weighted by Gasteiger charge is -2.23. The first kappa shape index (κ1) is 15.2. The van der Waals surface area contributed by atoms with E-state index >= 15 is 0 Å². The molecule has 0 spiro atoms. The van der Waals surface area contributed by atoms with Gasteiger partial charge in [0.15, 0.2) is 0 Å². The van der Waals surface area contributed by atoms with Crippen LogP contribution in [0.15, 0.2) is 36.5 Å². The van der Waals surface area contributed by atoms with Crippen molar-refractivity contribution < 1.29 is 11.0 Å². The lowest BCUT2D eigenvalue weighted by atomic mass is 10.1. The van der Waals surface area contributed by atoms with E-state index in [4.69, 9.17) is 0 Å². The fourth-order valence-electron chi connectivity index (χ4n) is 2.56. The Kier molecular flexibility index (Phi) is 4.68. The number of hydrogen-bond acceptors (Lipinski definition) is 4. The predicted octanol–water partition coefficient (Wildman–Crippen LogP) is 1.39. The molecule has 3 rings (SSSR count). The van der Waals surface area contributed by atoms with Crippen molar-refractivity contribution in [2.24, 2.45) is 0 Å². The molecule has 1 aliphatic heterocycles. The second-order valence-electron chi connectivity index (χ2n) is 5.48. The number of anilines is 1. The van der Waals surface area contributed by atoms with Gasteiger partial charge in [0, 0.05) is 13.0 Å². The van der Waals surface area contributed by atoms with Crippen LogP contribution in [0, 0.1) is 0 Å². The minimum absolute atomic E-state index is 0. The fraction of sp³-hybridized carbons (Fsp3) is 0.312. The Balaban J connectivity index is 0.00000208. The van der Waals surface area contributed by atoms with E-state index in [1.54, 1.807) is 24.3 Å². The summed E-state index contributed by atoms with van der Waals surface area (Å²) in [6.45, 7) is 1.79. The van der Waals surface area contributed by atoms with Crippen LogP contribution in [0.25, 0.3) is 0 Å². The maximum absolute atomic E-state index is 12.4. The Hall–Kier alpha value is -2.67. The van der Waals surface area contributed by atoms with Crippen molar-refractivity contribution in [2.45, 2.75) is 18.9 Å². The molecule has 23 heavy (non-hydrogen) atoms. The number of carbonyl (C=O) groups is 2. The summed E-state index contributed by atoms with van der Waals surface area (Å²) in [5.74, 6) is -0.527. The third-order valence-corrected chi connectivity index (χ3v) is 3.82. The van der Waals surface area contributed by atoms with Crippen LogP contribution in [0.4, 0.5) is 5.69 Å². The van der Waals surface area contributed by atoms with E-state index in [2.05, 4.69) is 26.1 Å². The molecular formula is C16H21N5O2. The van der Waals surface area contributed by atoms with Gasteiger partial charge in [-0.2, -0.15) is 5.10 Å². The summed E-state index contributed by atoms with van der Waals surface area (Å²) in [6.07, 6.45) is 3.23. The second-order valence-corrected chi connectivity index (χ2v) is 5.48. The first-order chi connectivity index (χ1) is 11.2. The van der Waals surface area contributed by atoms with Gasteiger partial charge in [-0.05, 0) is 38.1 Å². The summed E-state index contributed by atoms with van der Waals surface area (Å²) in [5, 5.41) is 15.5. The normalized spacial score (nSPS) is 15.1. The van der Waals surface area contributed by atoms with Crippen LogP contribution >= 0.6 is 0 Å². The highest BCUT2D eigenvalue weighted by Gasteiger charge is 2.20. The fourth-order valence-corrected chi connectivity index (χ4v) is 2.56. The number of benzene rings is 1. The second kappa shape index (κ2) is 7.06. The van der Waals surface area contributed by atoms with Crippen LogP contribution in [0.1, 0.15) is 35.1 Å². The van der Waals surface area contributed by atoms with Crippen LogP contribution < -0.4 is 16.0 Å². The van der Waals surface area contributed by atoms with E-state index in [0.29, 0.717) is 11.3 Å². The molecule has 1 aromatic carbocycles. The summed E-state index contributed by atoms with van der Waals surface area (Å²) in [7, 11) is 0. The standard InChI is InChI=1S/C16H19N5O2.H2/c22-15(11-4-2-1-3-5-11)20-13-10-18-21-14(13)16(23)19-12-6-8-17-9-7-12;/h1-5,10,12,17H,6-9H2,(H,18,21)(H,19,23)(H,20,22);1H. The van der Waals surface area contributed by atoms with Crippen LogP contribution in [-0.4, -0.2) is 41.1 Å². The van der Waals surface area contributed by atoms with Gasteiger partial charge in [0.25, 0.3) is 11.8 Å². The zero-order valence-corrected chi connectivity index (χ0v) is 12.6. The number of aromatic nitrogens is 2. The number of rotatable bonds is 4. The Morgan fingerprint density at radius 2 is 1.87 bits per heavy atom. The van der Waals surface area contributed by atoms with E-state index in [9.17, 15) is 9.59 Å². The number of nitrogens with zero attached hydrogens (tertiary/aromatic N) is 1. The lowest BCUT2D eigenvalue weighted by Crippen LogP contribution is -2.43. The lowest BCUT2D eigenvalue weighted by molar-refractivity contribution is 0.0925. The van der Waals surface area contributed by atoms with Gasteiger partial charge < -0.3 is 16.0 Å². The van der Waals surface area contributed by atoms with E-state index in [1.807, 2.05) is 6.07 Å². The van der Waals surface area contributed by atoms with Gasteiger partial charge in [-0.1, -0.05) is 18.2 Å². The Bertz CT molecular complexity index is 683. The van der Waals surface area contributed by atoms with Crippen molar-refractivity contribution in [3.05, 3.63) is 47.8 Å². The van der Waals surface area contributed by atoms with Crippen molar-refractivity contribution in [1.82, 2.24) is 20.8 Å². The minimum atomic E-state index is -0.275. The van der Waals surface area contributed by atoms with Crippen molar-refractivity contribution in [3.63, 3.8) is 0 Å².